The summed E-state index contributed by atoms with van der Waals surface area (Å²) in [6.07, 6.45) is 0. The number of sulfonamides is 1. The number of amides is 1. The fourth-order valence-corrected chi connectivity index (χ4v) is 4.25. The van der Waals surface area contributed by atoms with Gasteiger partial charge in [-0.2, -0.15) is 4.72 Å². The predicted molar refractivity (Wildman–Crippen MR) is 84.5 cm³/mol. The van der Waals surface area contributed by atoms with E-state index < -0.39 is 22.0 Å². The fraction of sp³-hybridized carbons (Fsp3) is 0.462. The topological polar surface area (TPSA) is 114 Å². The fourth-order valence-electron chi connectivity index (χ4n) is 2.00. The molecule has 0 saturated heterocycles. The molecular formula is C13H18N4O4S2. The van der Waals surface area contributed by atoms with Crippen molar-refractivity contribution >= 4 is 27.3 Å². The number of carbonyl (C=O) groups excluding carboxylic acids is 1. The summed E-state index contributed by atoms with van der Waals surface area (Å²) < 4.78 is 31.8. The van der Waals surface area contributed by atoms with Crippen molar-refractivity contribution in [3.8, 4) is 0 Å². The molecule has 10 heteroatoms. The molecule has 23 heavy (non-hydrogen) atoms. The summed E-state index contributed by atoms with van der Waals surface area (Å²) in [5, 5.41) is 8.90. The minimum Gasteiger partial charge on any atom is -0.360 e. The number of carbonyl (C=O) groups is 1. The van der Waals surface area contributed by atoms with Crippen LogP contribution in [0.1, 0.15) is 29.1 Å². The summed E-state index contributed by atoms with van der Waals surface area (Å²) in [5.74, 6) is -0.256. The Hall–Kier alpha value is -1.78. The second kappa shape index (κ2) is 6.77. The number of rotatable bonds is 6. The van der Waals surface area contributed by atoms with Gasteiger partial charge < -0.3 is 9.84 Å². The standard InChI is InChI=1S/C13H18N4O4S2/c1-7-6-22-11(15-7)5-14-13(18)9(3)17-23(19,20)12-8(2)16-21-10(12)4/h6,9,17H,5H2,1-4H3,(H,14,18)/t9-/m0/s1. The van der Waals surface area contributed by atoms with Gasteiger partial charge in [0.15, 0.2) is 5.76 Å². The highest BCUT2D eigenvalue weighted by atomic mass is 32.2. The maximum atomic E-state index is 12.3. The predicted octanol–water partition coefficient (Wildman–Crippen LogP) is 1.04. The summed E-state index contributed by atoms with van der Waals surface area (Å²) in [6.45, 7) is 6.62. The molecule has 8 nitrogen and oxygen atoms in total. The van der Waals surface area contributed by atoms with Crippen LogP contribution in [0.15, 0.2) is 14.8 Å². The number of thiazole rings is 1. The number of hydrogen-bond acceptors (Lipinski definition) is 7. The number of aryl methyl sites for hydroxylation is 3. The van der Waals surface area contributed by atoms with E-state index in [9.17, 15) is 13.2 Å². The number of hydrogen-bond donors (Lipinski definition) is 2. The van der Waals surface area contributed by atoms with Crippen molar-refractivity contribution in [1.82, 2.24) is 20.2 Å². The zero-order chi connectivity index (χ0) is 17.2. The van der Waals surface area contributed by atoms with Crippen LogP contribution in [0.4, 0.5) is 0 Å². The van der Waals surface area contributed by atoms with Crippen LogP contribution in [0.25, 0.3) is 0 Å². The Morgan fingerprint density at radius 2 is 2.09 bits per heavy atom. The molecule has 0 unspecified atom stereocenters. The van der Waals surface area contributed by atoms with Gasteiger partial charge in [0.25, 0.3) is 0 Å². The van der Waals surface area contributed by atoms with Gasteiger partial charge in [-0.15, -0.1) is 11.3 Å². The maximum Gasteiger partial charge on any atom is 0.246 e. The van der Waals surface area contributed by atoms with Crippen molar-refractivity contribution in [1.29, 1.82) is 0 Å². The minimum atomic E-state index is -3.88. The molecule has 0 aliphatic heterocycles. The maximum absolute atomic E-state index is 12.3. The molecule has 2 heterocycles. The van der Waals surface area contributed by atoms with E-state index >= 15 is 0 Å². The molecule has 0 aliphatic carbocycles. The second-order valence-electron chi connectivity index (χ2n) is 5.10. The molecule has 2 rings (SSSR count). The van der Waals surface area contributed by atoms with E-state index in [2.05, 4.69) is 20.2 Å². The van der Waals surface area contributed by atoms with E-state index in [-0.39, 0.29) is 22.9 Å². The first-order chi connectivity index (χ1) is 10.7. The number of nitrogens with zero attached hydrogens (tertiary/aromatic N) is 2. The van der Waals surface area contributed by atoms with E-state index in [1.165, 1.54) is 32.1 Å². The van der Waals surface area contributed by atoms with Crippen molar-refractivity contribution in [2.24, 2.45) is 0 Å². The van der Waals surface area contributed by atoms with Crippen molar-refractivity contribution in [2.45, 2.75) is 45.2 Å². The first-order valence-electron chi connectivity index (χ1n) is 6.84. The van der Waals surface area contributed by atoms with Crippen LogP contribution in [0, 0.1) is 20.8 Å². The van der Waals surface area contributed by atoms with Gasteiger partial charge in [-0.25, -0.2) is 13.4 Å². The van der Waals surface area contributed by atoms with Gasteiger partial charge in [0.1, 0.15) is 15.6 Å². The number of nitrogens with one attached hydrogen (secondary N) is 2. The average molecular weight is 358 g/mol. The Morgan fingerprint density at radius 1 is 1.39 bits per heavy atom. The third kappa shape index (κ3) is 4.15. The first-order valence-corrected chi connectivity index (χ1v) is 9.21. The zero-order valence-corrected chi connectivity index (χ0v) is 14.8. The highest BCUT2D eigenvalue weighted by molar-refractivity contribution is 7.89. The third-order valence-corrected chi connectivity index (χ3v) is 5.79. The lowest BCUT2D eigenvalue weighted by atomic mass is 10.3. The van der Waals surface area contributed by atoms with Crippen LogP contribution in [-0.2, 0) is 21.4 Å². The van der Waals surface area contributed by atoms with E-state index in [0.29, 0.717) is 0 Å². The quantitative estimate of drug-likeness (QED) is 0.797. The van der Waals surface area contributed by atoms with Crippen molar-refractivity contribution in [3.05, 3.63) is 27.5 Å². The van der Waals surface area contributed by atoms with E-state index in [1.54, 1.807) is 0 Å². The van der Waals surface area contributed by atoms with Gasteiger partial charge in [-0.1, -0.05) is 5.16 Å². The smallest absolute Gasteiger partial charge is 0.246 e. The molecule has 0 aliphatic rings. The molecule has 0 bridgehead atoms. The van der Waals surface area contributed by atoms with Gasteiger partial charge >= 0.3 is 0 Å². The SMILES string of the molecule is Cc1csc(CNC(=O)[C@H](C)NS(=O)(=O)c2c(C)noc2C)n1. The van der Waals surface area contributed by atoms with Crippen LogP contribution in [0.2, 0.25) is 0 Å². The molecule has 1 atom stereocenters. The van der Waals surface area contributed by atoms with Crippen LogP contribution >= 0.6 is 11.3 Å². The van der Waals surface area contributed by atoms with Crippen molar-refractivity contribution < 1.29 is 17.7 Å². The number of aromatic nitrogens is 2. The highest BCUT2D eigenvalue weighted by Crippen LogP contribution is 2.18. The van der Waals surface area contributed by atoms with Gasteiger partial charge in [0, 0.05) is 11.1 Å². The molecular weight excluding hydrogens is 340 g/mol. The Morgan fingerprint density at radius 3 is 2.61 bits per heavy atom. The van der Waals surface area contributed by atoms with Gasteiger partial charge in [-0.3, -0.25) is 4.79 Å². The van der Waals surface area contributed by atoms with Crippen molar-refractivity contribution in [3.63, 3.8) is 0 Å². The van der Waals surface area contributed by atoms with Crippen LogP contribution < -0.4 is 10.0 Å². The van der Waals surface area contributed by atoms with E-state index in [0.717, 1.165) is 10.7 Å². The second-order valence-corrected chi connectivity index (χ2v) is 7.69. The lowest BCUT2D eigenvalue weighted by Crippen LogP contribution is -2.44. The van der Waals surface area contributed by atoms with Crippen LogP contribution in [0.3, 0.4) is 0 Å². The molecule has 0 aromatic carbocycles. The van der Waals surface area contributed by atoms with Gasteiger partial charge in [0.2, 0.25) is 15.9 Å². The molecule has 126 valence electrons. The van der Waals surface area contributed by atoms with E-state index in [4.69, 9.17) is 4.52 Å². The third-order valence-electron chi connectivity index (χ3n) is 3.04. The lowest BCUT2D eigenvalue weighted by Gasteiger charge is -2.13. The molecule has 0 fully saturated rings. The summed E-state index contributed by atoms with van der Waals surface area (Å²) in [7, 11) is -3.88. The molecule has 0 saturated carbocycles. The molecule has 2 aromatic heterocycles. The normalized spacial score (nSPS) is 13.0. The van der Waals surface area contributed by atoms with Crippen molar-refractivity contribution in [2.75, 3.05) is 0 Å². The molecule has 1 amide bonds. The summed E-state index contributed by atoms with van der Waals surface area (Å²) >= 11 is 1.43. The lowest BCUT2D eigenvalue weighted by molar-refractivity contribution is -0.122. The average Bonchev–Trinajstić information content (AvgIpc) is 3.01. The summed E-state index contributed by atoms with van der Waals surface area (Å²) in [5.41, 5.74) is 1.13. The summed E-state index contributed by atoms with van der Waals surface area (Å²) in [6, 6.07) is -0.935. The molecule has 2 N–H and O–H groups in total. The Bertz CT molecular complexity index is 790. The van der Waals surface area contributed by atoms with Crippen LogP contribution in [-0.4, -0.2) is 30.5 Å². The van der Waals surface area contributed by atoms with E-state index in [1.807, 2.05) is 12.3 Å². The van der Waals surface area contributed by atoms with Crippen LogP contribution in [0.5, 0.6) is 0 Å². The van der Waals surface area contributed by atoms with Gasteiger partial charge in [-0.05, 0) is 27.7 Å². The molecule has 0 spiro atoms. The summed E-state index contributed by atoms with van der Waals surface area (Å²) in [4.78, 5) is 16.2. The Labute approximate surface area is 138 Å². The molecule has 0 radical (unpaired) electrons. The highest BCUT2D eigenvalue weighted by Gasteiger charge is 2.28. The monoisotopic (exact) mass is 358 g/mol. The zero-order valence-electron chi connectivity index (χ0n) is 13.2. The largest absolute Gasteiger partial charge is 0.360 e. The van der Waals surface area contributed by atoms with Gasteiger partial charge in [0.05, 0.1) is 12.6 Å². The minimum absolute atomic E-state index is 0.0345. The first kappa shape index (κ1) is 17.6. The Kier molecular flexibility index (Phi) is 5.17. The Balaban J connectivity index is 2.00. The molecule has 2 aromatic rings.